The molecule has 1 heterocycles. The van der Waals surface area contributed by atoms with Crippen LogP contribution in [0.2, 0.25) is 0 Å². The molecule has 1 aliphatic rings. The summed E-state index contributed by atoms with van der Waals surface area (Å²) in [6.07, 6.45) is 4.41. The summed E-state index contributed by atoms with van der Waals surface area (Å²) in [7, 11) is 0. The first kappa shape index (κ1) is 13.9. The smallest absolute Gasteiger partial charge is 0.157 e. The highest BCUT2D eigenvalue weighted by molar-refractivity contribution is 4.74. The van der Waals surface area contributed by atoms with Gasteiger partial charge in [0, 0.05) is 12.5 Å². The van der Waals surface area contributed by atoms with Gasteiger partial charge < -0.3 is 14.9 Å². The molecule has 0 aliphatic carbocycles. The Morgan fingerprint density at radius 2 is 2.12 bits per heavy atom. The predicted octanol–water partition coefficient (Wildman–Crippen LogP) is 2.31. The first-order valence-electron chi connectivity index (χ1n) is 6.42. The number of aliphatic hydroxyl groups is 2. The molecular weight excluding hydrogens is 204 g/mol. The van der Waals surface area contributed by atoms with Gasteiger partial charge in [-0.2, -0.15) is 0 Å². The molecule has 0 aromatic rings. The Hall–Kier alpha value is -0.120. The standard InChI is InChI=1S/C13H26O3/c1-10(6-4-8-13(2,3)15)11-7-5-9-16-12(11)14/h10-12,14-15H,4-9H2,1-3H3. The molecular formula is C13H26O3. The van der Waals surface area contributed by atoms with Crippen LogP contribution in [-0.2, 0) is 4.74 Å². The molecule has 1 aliphatic heterocycles. The monoisotopic (exact) mass is 230 g/mol. The molecule has 0 saturated carbocycles. The van der Waals surface area contributed by atoms with Crippen LogP contribution in [0.5, 0.6) is 0 Å². The second kappa shape index (κ2) is 5.99. The van der Waals surface area contributed by atoms with Crippen molar-refractivity contribution in [1.82, 2.24) is 0 Å². The van der Waals surface area contributed by atoms with Gasteiger partial charge in [0.15, 0.2) is 6.29 Å². The van der Waals surface area contributed by atoms with Gasteiger partial charge in [-0.1, -0.05) is 19.8 Å². The van der Waals surface area contributed by atoms with E-state index in [0.29, 0.717) is 12.5 Å². The summed E-state index contributed by atoms with van der Waals surface area (Å²) in [5.41, 5.74) is -0.568. The van der Waals surface area contributed by atoms with Crippen LogP contribution < -0.4 is 0 Å². The lowest BCUT2D eigenvalue weighted by Crippen LogP contribution is -2.33. The molecule has 1 saturated heterocycles. The average molecular weight is 230 g/mol. The Morgan fingerprint density at radius 1 is 1.44 bits per heavy atom. The van der Waals surface area contributed by atoms with E-state index in [1.165, 1.54) is 0 Å². The van der Waals surface area contributed by atoms with Crippen LogP contribution in [0.3, 0.4) is 0 Å². The van der Waals surface area contributed by atoms with E-state index in [-0.39, 0.29) is 5.92 Å². The zero-order valence-corrected chi connectivity index (χ0v) is 10.8. The van der Waals surface area contributed by atoms with Gasteiger partial charge >= 0.3 is 0 Å². The third kappa shape index (κ3) is 4.81. The highest BCUT2D eigenvalue weighted by Gasteiger charge is 2.28. The molecule has 0 aromatic heterocycles. The van der Waals surface area contributed by atoms with Gasteiger partial charge in [0.1, 0.15) is 0 Å². The third-order valence-corrected chi connectivity index (χ3v) is 3.52. The van der Waals surface area contributed by atoms with Gasteiger partial charge in [-0.15, -0.1) is 0 Å². The van der Waals surface area contributed by atoms with Crippen molar-refractivity contribution >= 4 is 0 Å². The Balaban J connectivity index is 2.25. The van der Waals surface area contributed by atoms with Crippen molar-refractivity contribution in [3.63, 3.8) is 0 Å². The van der Waals surface area contributed by atoms with Crippen molar-refractivity contribution in [3.8, 4) is 0 Å². The fourth-order valence-electron chi connectivity index (χ4n) is 2.43. The van der Waals surface area contributed by atoms with E-state index in [2.05, 4.69) is 6.92 Å². The molecule has 0 spiro atoms. The molecule has 1 rings (SSSR count). The molecule has 0 aromatic carbocycles. The summed E-state index contributed by atoms with van der Waals surface area (Å²) >= 11 is 0. The highest BCUT2D eigenvalue weighted by Crippen LogP contribution is 2.30. The Labute approximate surface area is 98.8 Å². The van der Waals surface area contributed by atoms with Gasteiger partial charge in [-0.3, -0.25) is 0 Å². The predicted molar refractivity (Wildman–Crippen MR) is 64.0 cm³/mol. The van der Waals surface area contributed by atoms with Crippen molar-refractivity contribution in [2.45, 2.75) is 64.8 Å². The van der Waals surface area contributed by atoms with Gasteiger partial charge in [-0.05, 0) is 39.0 Å². The topological polar surface area (TPSA) is 49.7 Å². The third-order valence-electron chi connectivity index (χ3n) is 3.52. The van der Waals surface area contributed by atoms with Crippen LogP contribution in [0.1, 0.15) is 52.9 Å². The Bertz CT molecular complexity index is 198. The maximum absolute atomic E-state index is 9.73. The van der Waals surface area contributed by atoms with Gasteiger partial charge in [-0.25, -0.2) is 0 Å². The molecule has 3 atom stereocenters. The molecule has 0 bridgehead atoms. The average Bonchev–Trinajstić information content (AvgIpc) is 2.16. The fraction of sp³-hybridized carbons (Fsp3) is 1.00. The SMILES string of the molecule is CC(CCCC(C)(C)O)C1CCCOC1O. The Morgan fingerprint density at radius 3 is 2.69 bits per heavy atom. The van der Waals surface area contributed by atoms with E-state index in [1.807, 2.05) is 13.8 Å². The molecule has 3 nitrogen and oxygen atoms in total. The minimum Gasteiger partial charge on any atom is -0.390 e. The van der Waals surface area contributed by atoms with Crippen molar-refractivity contribution in [1.29, 1.82) is 0 Å². The van der Waals surface area contributed by atoms with Crippen LogP contribution in [0.25, 0.3) is 0 Å². The minimum atomic E-state index is -0.578. The van der Waals surface area contributed by atoms with Gasteiger partial charge in [0.25, 0.3) is 0 Å². The van der Waals surface area contributed by atoms with Crippen LogP contribution in [0.4, 0.5) is 0 Å². The molecule has 96 valence electrons. The molecule has 3 unspecified atom stereocenters. The number of rotatable bonds is 5. The molecule has 0 radical (unpaired) electrons. The van der Waals surface area contributed by atoms with Crippen LogP contribution in [-0.4, -0.2) is 28.7 Å². The van der Waals surface area contributed by atoms with Gasteiger partial charge in [0.05, 0.1) is 5.60 Å². The van der Waals surface area contributed by atoms with E-state index >= 15 is 0 Å². The normalized spacial score (nSPS) is 29.1. The second-order valence-corrected chi connectivity index (χ2v) is 5.75. The minimum absolute atomic E-state index is 0.274. The van der Waals surface area contributed by atoms with Gasteiger partial charge in [0.2, 0.25) is 0 Å². The largest absolute Gasteiger partial charge is 0.390 e. The van der Waals surface area contributed by atoms with E-state index in [4.69, 9.17) is 4.74 Å². The lowest BCUT2D eigenvalue weighted by Gasteiger charge is -2.32. The number of aliphatic hydroxyl groups excluding tert-OH is 1. The van der Waals surface area contributed by atoms with E-state index in [0.717, 1.165) is 32.1 Å². The number of hydrogen-bond donors (Lipinski definition) is 2. The molecule has 0 amide bonds. The molecule has 3 heteroatoms. The van der Waals surface area contributed by atoms with Crippen LogP contribution in [0.15, 0.2) is 0 Å². The van der Waals surface area contributed by atoms with Crippen molar-refractivity contribution < 1.29 is 14.9 Å². The van der Waals surface area contributed by atoms with Crippen molar-refractivity contribution in [3.05, 3.63) is 0 Å². The van der Waals surface area contributed by atoms with E-state index < -0.39 is 11.9 Å². The van der Waals surface area contributed by atoms with Crippen LogP contribution in [0, 0.1) is 11.8 Å². The number of ether oxygens (including phenoxy) is 1. The fourth-order valence-corrected chi connectivity index (χ4v) is 2.43. The lowest BCUT2D eigenvalue weighted by molar-refractivity contribution is -0.170. The van der Waals surface area contributed by atoms with Crippen molar-refractivity contribution in [2.24, 2.45) is 11.8 Å². The summed E-state index contributed by atoms with van der Waals surface area (Å²) in [5.74, 6) is 0.744. The quantitative estimate of drug-likeness (QED) is 0.762. The summed E-state index contributed by atoms with van der Waals surface area (Å²) in [4.78, 5) is 0. The summed E-state index contributed by atoms with van der Waals surface area (Å²) < 4.78 is 5.26. The van der Waals surface area contributed by atoms with Crippen molar-refractivity contribution in [2.75, 3.05) is 6.61 Å². The first-order chi connectivity index (χ1) is 7.40. The molecule has 2 N–H and O–H groups in total. The summed E-state index contributed by atoms with van der Waals surface area (Å²) in [6.45, 7) is 6.55. The summed E-state index contributed by atoms with van der Waals surface area (Å²) in [6, 6.07) is 0. The maximum atomic E-state index is 9.73. The number of hydrogen-bond acceptors (Lipinski definition) is 3. The van der Waals surface area contributed by atoms with Crippen LogP contribution >= 0.6 is 0 Å². The summed E-state index contributed by atoms with van der Waals surface area (Å²) in [5, 5.41) is 19.3. The lowest BCUT2D eigenvalue weighted by atomic mass is 9.83. The van der Waals surface area contributed by atoms with E-state index in [1.54, 1.807) is 0 Å². The molecule has 16 heavy (non-hydrogen) atoms. The zero-order valence-electron chi connectivity index (χ0n) is 10.8. The highest BCUT2D eigenvalue weighted by atomic mass is 16.6. The Kier molecular flexibility index (Phi) is 5.22. The maximum Gasteiger partial charge on any atom is 0.157 e. The van der Waals surface area contributed by atoms with E-state index in [9.17, 15) is 10.2 Å². The molecule has 1 fully saturated rings. The first-order valence-corrected chi connectivity index (χ1v) is 6.42. The zero-order chi connectivity index (χ0) is 12.2. The second-order valence-electron chi connectivity index (χ2n) is 5.75.